The second-order valence-corrected chi connectivity index (χ2v) is 5.25. The first-order valence-electron chi connectivity index (χ1n) is 5.39. The molecular formula is C10H19NOS. The predicted octanol–water partition coefficient (Wildman–Crippen LogP) is 1.65. The molecule has 2 saturated heterocycles. The van der Waals surface area contributed by atoms with E-state index in [2.05, 4.69) is 17.1 Å². The van der Waals surface area contributed by atoms with Crippen LogP contribution < -0.4 is 5.32 Å². The molecule has 0 aliphatic carbocycles. The summed E-state index contributed by atoms with van der Waals surface area (Å²) < 4.78 is 5.61. The lowest BCUT2D eigenvalue weighted by Gasteiger charge is -2.23. The van der Waals surface area contributed by atoms with Gasteiger partial charge in [0.15, 0.2) is 0 Å². The van der Waals surface area contributed by atoms with Crippen molar-refractivity contribution in [2.45, 2.75) is 37.0 Å². The second-order valence-electron chi connectivity index (χ2n) is 3.92. The first-order chi connectivity index (χ1) is 6.45. The largest absolute Gasteiger partial charge is 0.377 e. The molecule has 13 heavy (non-hydrogen) atoms. The van der Waals surface area contributed by atoms with Crippen LogP contribution in [0.25, 0.3) is 0 Å². The smallest absolute Gasteiger partial charge is 0.0666 e. The highest BCUT2D eigenvalue weighted by Crippen LogP contribution is 2.24. The van der Waals surface area contributed by atoms with Crippen molar-refractivity contribution < 1.29 is 4.74 Å². The summed E-state index contributed by atoms with van der Waals surface area (Å²) >= 11 is 2.13. The second kappa shape index (κ2) is 5.23. The van der Waals surface area contributed by atoms with Gasteiger partial charge in [0.2, 0.25) is 0 Å². The molecule has 2 aliphatic heterocycles. The molecule has 0 aromatic carbocycles. The molecule has 0 radical (unpaired) electrons. The van der Waals surface area contributed by atoms with Crippen LogP contribution in [0.5, 0.6) is 0 Å². The molecule has 1 unspecified atom stereocenters. The summed E-state index contributed by atoms with van der Waals surface area (Å²) in [6.45, 7) is 3.42. The summed E-state index contributed by atoms with van der Waals surface area (Å²) in [5.41, 5.74) is 0. The quantitative estimate of drug-likeness (QED) is 0.750. The summed E-state index contributed by atoms with van der Waals surface area (Å²) in [5, 5.41) is 4.29. The van der Waals surface area contributed by atoms with Crippen LogP contribution in [-0.2, 0) is 4.74 Å². The third-order valence-electron chi connectivity index (χ3n) is 2.83. The number of piperidine rings is 1. The number of hydrogen-bond donors (Lipinski definition) is 1. The van der Waals surface area contributed by atoms with E-state index in [0.29, 0.717) is 6.10 Å². The molecule has 0 saturated carbocycles. The van der Waals surface area contributed by atoms with E-state index in [1.165, 1.54) is 44.5 Å². The van der Waals surface area contributed by atoms with Crippen LogP contribution in [0.1, 0.15) is 25.7 Å². The van der Waals surface area contributed by atoms with Gasteiger partial charge in [0, 0.05) is 17.6 Å². The highest BCUT2D eigenvalue weighted by molar-refractivity contribution is 7.99. The van der Waals surface area contributed by atoms with E-state index in [1.807, 2.05) is 0 Å². The number of hydrogen-bond acceptors (Lipinski definition) is 3. The molecule has 2 heterocycles. The Bertz CT molecular complexity index is 142. The van der Waals surface area contributed by atoms with E-state index >= 15 is 0 Å². The predicted molar refractivity (Wildman–Crippen MR) is 57.3 cm³/mol. The van der Waals surface area contributed by atoms with Gasteiger partial charge in [-0.15, -0.1) is 0 Å². The molecule has 0 spiro atoms. The van der Waals surface area contributed by atoms with Crippen molar-refractivity contribution in [2.75, 3.05) is 25.4 Å². The van der Waals surface area contributed by atoms with Gasteiger partial charge < -0.3 is 10.1 Å². The lowest BCUT2D eigenvalue weighted by atomic mass is 10.2. The van der Waals surface area contributed by atoms with Crippen LogP contribution in [-0.4, -0.2) is 36.8 Å². The van der Waals surface area contributed by atoms with E-state index < -0.39 is 0 Å². The Morgan fingerprint density at radius 2 is 2.08 bits per heavy atom. The number of nitrogens with one attached hydrogen (secondary N) is 1. The van der Waals surface area contributed by atoms with Gasteiger partial charge in [-0.1, -0.05) is 0 Å². The molecule has 76 valence electrons. The van der Waals surface area contributed by atoms with E-state index in [1.54, 1.807) is 0 Å². The minimum absolute atomic E-state index is 0.569. The van der Waals surface area contributed by atoms with Crippen molar-refractivity contribution >= 4 is 11.8 Å². The van der Waals surface area contributed by atoms with Gasteiger partial charge >= 0.3 is 0 Å². The van der Waals surface area contributed by atoms with Crippen LogP contribution in [0.4, 0.5) is 0 Å². The molecule has 0 amide bonds. The molecule has 2 rings (SSSR count). The van der Waals surface area contributed by atoms with E-state index in [0.717, 1.165) is 11.9 Å². The number of thioether (sulfide) groups is 1. The van der Waals surface area contributed by atoms with Crippen molar-refractivity contribution in [3.63, 3.8) is 0 Å². The van der Waals surface area contributed by atoms with E-state index in [-0.39, 0.29) is 0 Å². The summed E-state index contributed by atoms with van der Waals surface area (Å²) in [6, 6.07) is 0. The lowest BCUT2D eigenvalue weighted by Crippen LogP contribution is -2.30. The minimum Gasteiger partial charge on any atom is -0.377 e. The van der Waals surface area contributed by atoms with Gasteiger partial charge in [0.05, 0.1) is 6.10 Å². The zero-order valence-electron chi connectivity index (χ0n) is 8.13. The average Bonchev–Trinajstić information content (AvgIpc) is 2.69. The van der Waals surface area contributed by atoms with Gasteiger partial charge in [-0.05, 0) is 38.8 Å². The molecule has 0 bridgehead atoms. The third kappa shape index (κ3) is 3.15. The minimum atomic E-state index is 0.569. The van der Waals surface area contributed by atoms with Crippen molar-refractivity contribution in [1.82, 2.24) is 5.32 Å². The van der Waals surface area contributed by atoms with Crippen LogP contribution >= 0.6 is 11.8 Å². The highest BCUT2D eigenvalue weighted by atomic mass is 32.2. The first-order valence-corrected chi connectivity index (χ1v) is 6.44. The fraction of sp³-hybridized carbons (Fsp3) is 1.00. The summed E-state index contributed by atoms with van der Waals surface area (Å²) in [4.78, 5) is 0. The Labute approximate surface area is 84.8 Å². The molecule has 0 aromatic heterocycles. The lowest BCUT2D eigenvalue weighted by molar-refractivity contribution is 0.128. The molecular weight excluding hydrogens is 182 g/mol. The monoisotopic (exact) mass is 201 g/mol. The van der Waals surface area contributed by atoms with Gasteiger partial charge in [0.25, 0.3) is 0 Å². The van der Waals surface area contributed by atoms with Gasteiger partial charge in [-0.3, -0.25) is 0 Å². The van der Waals surface area contributed by atoms with Gasteiger partial charge in [-0.2, -0.15) is 11.8 Å². The Hall–Kier alpha value is 0.270. The Morgan fingerprint density at radius 3 is 2.77 bits per heavy atom. The van der Waals surface area contributed by atoms with E-state index in [4.69, 9.17) is 4.74 Å². The number of ether oxygens (including phenoxy) is 1. The SMILES string of the molecule is C1COC(CSC2CCNCC2)C1. The third-order valence-corrected chi connectivity index (χ3v) is 4.34. The molecule has 1 atom stereocenters. The fourth-order valence-corrected chi connectivity index (χ4v) is 3.30. The summed E-state index contributed by atoms with van der Waals surface area (Å²) in [6.07, 6.45) is 5.82. The van der Waals surface area contributed by atoms with E-state index in [9.17, 15) is 0 Å². The van der Waals surface area contributed by atoms with Crippen LogP contribution in [0, 0.1) is 0 Å². The zero-order chi connectivity index (χ0) is 8.93. The Balaban J connectivity index is 1.60. The molecule has 3 heteroatoms. The molecule has 1 N–H and O–H groups in total. The average molecular weight is 201 g/mol. The standard InChI is InChI=1S/C10H19NOS/c1-2-9(12-7-1)8-13-10-3-5-11-6-4-10/h9-11H,1-8H2. The molecule has 2 aliphatic rings. The van der Waals surface area contributed by atoms with Crippen molar-refractivity contribution in [3.05, 3.63) is 0 Å². The van der Waals surface area contributed by atoms with Gasteiger partial charge in [-0.25, -0.2) is 0 Å². The Morgan fingerprint density at radius 1 is 1.23 bits per heavy atom. The van der Waals surface area contributed by atoms with Crippen LogP contribution in [0.2, 0.25) is 0 Å². The van der Waals surface area contributed by atoms with Gasteiger partial charge in [0.1, 0.15) is 0 Å². The molecule has 2 fully saturated rings. The van der Waals surface area contributed by atoms with Crippen LogP contribution in [0.3, 0.4) is 0 Å². The van der Waals surface area contributed by atoms with Crippen molar-refractivity contribution in [2.24, 2.45) is 0 Å². The van der Waals surface area contributed by atoms with Crippen molar-refractivity contribution in [1.29, 1.82) is 0 Å². The Kier molecular flexibility index (Phi) is 3.94. The van der Waals surface area contributed by atoms with Crippen LogP contribution in [0.15, 0.2) is 0 Å². The number of rotatable bonds is 3. The fourth-order valence-electron chi connectivity index (χ4n) is 1.98. The maximum atomic E-state index is 5.61. The normalized spacial score (nSPS) is 30.9. The maximum Gasteiger partial charge on any atom is 0.0666 e. The molecule has 0 aromatic rings. The maximum absolute atomic E-state index is 5.61. The topological polar surface area (TPSA) is 21.3 Å². The zero-order valence-corrected chi connectivity index (χ0v) is 8.94. The van der Waals surface area contributed by atoms with Crippen molar-refractivity contribution in [3.8, 4) is 0 Å². The molecule has 2 nitrogen and oxygen atoms in total. The summed E-state index contributed by atoms with van der Waals surface area (Å²) in [5.74, 6) is 1.23. The first kappa shape index (κ1) is 9.81. The summed E-state index contributed by atoms with van der Waals surface area (Å²) in [7, 11) is 0. The highest BCUT2D eigenvalue weighted by Gasteiger charge is 2.19.